The van der Waals surface area contributed by atoms with E-state index < -0.39 is 48.2 Å². The van der Waals surface area contributed by atoms with E-state index in [4.69, 9.17) is 18.9 Å². The normalized spacial score (nSPS) is 23.6. The summed E-state index contributed by atoms with van der Waals surface area (Å²) in [5.41, 5.74) is -1.20. The Kier molecular flexibility index (Phi) is 7.38. The van der Waals surface area contributed by atoms with Crippen molar-refractivity contribution < 1.29 is 38.1 Å². The van der Waals surface area contributed by atoms with Crippen LogP contribution in [0.25, 0.3) is 10.8 Å². The van der Waals surface area contributed by atoms with Crippen molar-refractivity contribution >= 4 is 34.8 Å². The summed E-state index contributed by atoms with van der Waals surface area (Å²) < 4.78 is 20.6. The second-order valence-electron chi connectivity index (χ2n) is 8.70. The van der Waals surface area contributed by atoms with Gasteiger partial charge in [-0.25, -0.2) is 14.4 Å². The van der Waals surface area contributed by atoms with E-state index in [0.29, 0.717) is 12.0 Å². The van der Waals surface area contributed by atoms with Gasteiger partial charge in [-0.15, -0.1) is 0 Å². The van der Waals surface area contributed by atoms with Gasteiger partial charge in [0.2, 0.25) is 6.79 Å². The Morgan fingerprint density at radius 2 is 1.67 bits per heavy atom. The number of alkyl carbamates (subject to hydrolysis) is 1. The Morgan fingerprint density at radius 1 is 0.944 bits per heavy atom. The van der Waals surface area contributed by atoms with Crippen molar-refractivity contribution in [1.82, 2.24) is 5.32 Å². The highest BCUT2D eigenvalue weighted by atomic mass is 16.7. The molecule has 4 rings (SSSR count). The van der Waals surface area contributed by atoms with Gasteiger partial charge in [0.15, 0.2) is 0 Å². The van der Waals surface area contributed by atoms with Gasteiger partial charge in [0, 0.05) is 5.92 Å². The SMILES string of the molecule is C=CCOC(=O)N[C@@]1(C(=O)OCOC(=O)c2ccc3ccccc3c2)CC[C@H]2[C@H](C(=O)OCC=C)[C@H]21. The van der Waals surface area contributed by atoms with E-state index in [2.05, 4.69) is 18.5 Å². The summed E-state index contributed by atoms with van der Waals surface area (Å²) >= 11 is 0. The monoisotopic (exact) mass is 493 g/mol. The van der Waals surface area contributed by atoms with Crippen molar-refractivity contribution in [2.75, 3.05) is 20.0 Å². The molecular formula is C27H27NO8. The van der Waals surface area contributed by atoms with Crippen LogP contribution >= 0.6 is 0 Å². The van der Waals surface area contributed by atoms with Gasteiger partial charge >= 0.3 is 24.0 Å². The average Bonchev–Trinajstić information content (AvgIpc) is 3.52. The van der Waals surface area contributed by atoms with Gasteiger partial charge in [0.25, 0.3) is 0 Å². The van der Waals surface area contributed by atoms with Crippen LogP contribution in [0.3, 0.4) is 0 Å². The van der Waals surface area contributed by atoms with Gasteiger partial charge in [-0.3, -0.25) is 4.79 Å². The van der Waals surface area contributed by atoms with E-state index in [1.807, 2.05) is 24.3 Å². The molecule has 2 fully saturated rings. The lowest BCUT2D eigenvalue weighted by molar-refractivity contribution is -0.161. The van der Waals surface area contributed by atoms with Gasteiger partial charge in [-0.2, -0.15) is 0 Å². The number of fused-ring (bicyclic) bond motifs is 2. The summed E-state index contributed by atoms with van der Waals surface area (Å²) in [5, 5.41) is 4.43. The van der Waals surface area contributed by atoms with E-state index in [1.54, 1.807) is 18.2 Å². The van der Waals surface area contributed by atoms with E-state index in [0.717, 1.165) is 10.8 Å². The minimum absolute atomic E-state index is 0.0474. The first-order chi connectivity index (χ1) is 17.4. The van der Waals surface area contributed by atoms with E-state index in [9.17, 15) is 19.2 Å². The van der Waals surface area contributed by atoms with Crippen LogP contribution in [0.2, 0.25) is 0 Å². The summed E-state index contributed by atoms with van der Waals surface area (Å²) in [6, 6.07) is 12.7. The number of hydrogen-bond acceptors (Lipinski definition) is 8. The third-order valence-corrected chi connectivity index (χ3v) is 6.61. The van der Waals surface area contributed by atoms with Crippen LogP contribution in [0, 0.1) is 17.8 Å². The van der Waals surface area contributed by atoms with E-state index in [-0.39, 0.29) is 25.6 Å². The number of benzene rings is 2. The molecule has 0 aromatic heterocycles. The molecule has 2 aromatic carbocycles. The molecule has 188 valence electrons. The Bertz CT molecular complexity index is 1210. The molecule has 0 unspecified atom stereocenters. The largest absolute Gasteiger partial charge is 0.461 e. The predicted molar refractivity (Wildman–Crippen MR) is 129 cm³/mol. The van der Waals surface area contributed by atoms with Crippen LogP contribution in [0.5, 0.6) is 0 Å². The molecule has 0 heterocycles. The van der Waals surface area contributed by atoms with Crippen molar-refractivity contribution in [3.63, 3.8) is 0 Å². The zero-order valence-corrected chi connectivity index (χ0v) is 19.6. The molecule has 2 saturated carbocycles. The number of ether oxygens (including phenoxy) is 4. The number of nitrogens with one attached hydrogen (secondary N) is 1. The third kappa shape index (κ3) is 4.95. The first-order valence-corrected chi connectivity index (χ1v) is 11.6. The fourth-order valence-electron chi connectivity index (χ4n) is 4.98. The lowest BCUT2D eigenvalue weighted by Crippen LogP contribution is -2.57. The van der Waals surface area contributed by atoms with Crippen molar-refractivity contribution in [2.45, 2.75) is 18.4 Å². The Balaban J connectivity index is 1.42. The van der Waals surface area contributed by atoms with Crippen LogP contribution < -0.4 is 5.32 Å². The first kappa shape index (κ1) is 25.0. The maximum absolute atomic E-state index is 13.2. The molecule has 9 nitrogen and oxygen atoms in total. The summed E-state index contributed by atoms with van der Waals surface area (Å²) in [4.78, 5) is 50.5. The molecule has 0 aliphatic heterocycles. The quantitative estimate of drug-likeness (QED) is 0.231. The Hall–Kier alpha value is -4.14. The van der Waals surface area contributed by atoms with Gasteiger partial charge in [0.1, 0.15) is 18.8 Å². The van der Waals surface area contributed by atoms with Gasteiger partial charge in [-0.05, 0) is 41.7 Å². The van der Waals surface area contributed by atoms with Crippen LogP contribution in [-0.4, -0.2) is 49.5 Å². The summed E-state index contributed by atoms with van der Waals surface area (Å²) in [5.74, 6) is -3.17. The minimum atomic E-state index is -1.50. The minimum Gasteiger partial charge on any atom is -0.461 e. The highest BCUT2D eigenvalue weighted by Gasteiger charge is 2.72. The molecule has 9 heteroatoms. The predicted octanol–water partition coefficient (Wildman–Crippen LogP) is 3.53. The summed E-state index contributed by atoms with van der Waals surface area (Å²) in [7, 11) is 0. The molecule has 1 amide bonds. The lowest BCUT2D eigenvalue weighted by atomic mass is 9.90. The molecular weight excluding hydrogens is 466 g/mol. The zero-order valence-electron chi connectivity index (χ0n) is 19.6. The number of hydrogen-bond donors (Lipinski definition) is 1. The van der Waals surface area contributed by atoms with Crippen molar-refractivity contribution in [3.05, 3.63) is 73.3 Å². The number of esters is 3. The standard InChI is InChI=1S/C27H27NO8/c1-3-13-33-24(30)21-20-11-12-27(22(20)21,28-26(32)34-14-4-2)25(31)36-16-35-23(29)19-10-9-17-7-5-6-8-18(17)15-19/h3-10,15,20-22H,1-2,11-14,16H2,(H,28,32)/t20-,21-,22-,27-/m0/s1. The number of carbonyl (C=O) groups is 4. The van der Waals surface area contributed by atoms with Crippen molar-refractivity contribution in [3.8, 4) is 0 Å². The highest BCUT2D eigenvalue weighted by Crippen LogP contribution is 2.63. The lowest BCUT2D eigenvalue weighted by Gasteiger charge is -2.30. The second kappa shape index (κ2) is 10.6. The number of rotatable bonds is 10. The van der Waals surface area contributed by atoms with Crippen LogP contribution in [0.1, 0.15) is 23.2 Å². The van der Waals surface area contributed by atoms with Crippen LogP contribution in [0.4, 0.5) is 4.79 Å². The third-order valence-electron chi connectivity index (χ3n) is 6.61. The molecule has 0 bridgehead atoms. The first-order valence-electron chi connectivity index (χ1n) is 11.6. The molecule has 0 spiro atoms. The number of carbonyl (C=O) groups excluding carboxylic acids is 4. The highest BCUT2D eigenvalue weighted by molar-refractivity contribution is 5.95. The zero-order chi connectivity index (χ0) is 25.7. The fourth-order valence-corrected chi connectivity index (χ4v) is 4.98. The van der Waals surface area contributed by atoms with Crippen molar-refractivity contribution in [1.29, 1.82) is 0 Å². The van der Waals surface area contributed by atoms with Crippen molar-refractivity contribution in [2.24, 2.45) is 17.8 Å². The molecule has 0 radical (unpaired) electrons. The topological polar surface area (TPSA) is 117 Å². The smallest absolute Gasteiger partial charge is 0.408 e. The van der Waals surface area contributed by atoms with Gasteiger partial charge in [-0.1, -0.05) is 55.6 Å². The fraction of sp³-hybridized carbons (Fsp3) is 0.333. The maximum atomic E-state index is 13.2. The van der Waals surface area contributed by atoms with Crippen LogP contribution in [0.15, 0.2) is 67.8 Å². The maximum Gasteiger partial charge on any atom is 0.408 e. The molecule has 2 aliphatic rings. The van der Waals surface area contributed by atoms with Crippen LogP contribution in [-0.2, 0) is 28.5 Å². The Morgan fingerprint density at radius 3 is 2.42 bits per heavy atom. The van der Waals surface area contributed by atoms with Gasteiger partial charge in [0.05, 0.1) is 11.5 Å². The second-order valence-corrected chi connectivity index (χ2v) is 8.70. The summed E-state index contributed by atoms with van der Waals surface area (Å²) in [6.07, 6.45) is 2.75. The Labute approximate surface area is 208 Å². The molecule has 4 atom stereocenters. The molecule has 0 saturated heterocycles. The molecule has 2 aromatic rings. The summed E-state index contributed by atoms with van der Waals surface area (Å²) in [6.45, 7) is 6.34. The molecule has 2 aliphatic carbocycles. The van der Waals surface area contributed by atoms with Gasteiger partial charge < -0.3 is 24.3 Å². The average molecular weight is 494 g/mol. The van der Waals surface area contributed by atoms with E-state index >= 15 is 0 Å². The molecule has 1 N–H and O–H groups in total. The molecule has 36 heavy (non-hydrogen) atoms. The van der Waals surface area contributed by atoms with E-state index in [1.165, 1.54) is 12.2 Å². The number of amides is 1.